The van der Waals surface area contributed by atoms with Crippen molar-refractivity contribution in [2.24, 2.45) is 11.8 Å². The second-order valence-corrected chi connectivity index (χ2v) is 12.6. The molecule has 1 amide bonds. The minimum Gasteiger partial charge on any atom is -0.464 e. The van der Waals surface area contributed by atoms with Crippen molar-refractivity contribution in [1.29, 1.82) is 0 Å². The second kappa shape index (κ2) is 27.1. The van der Waals surface area contributed by atoms with Gasteiger partial charge >= 0.3 is 5.97 Å². The number of unbranched alkanes of at least 4 members (excludes halogenated alkanes) is 16. The molecule has 0 bridgehead atoms. The second-order valence-electron chi connectivity index (χ2n) is 12.6. The van der Waals surface area contributed by atoms with Crippen molar-refractivity contribution in [2.45, 2.75) is 188 Å². The van der Waals surface area contributed by atoms with E-state index in [1.165, 1.54) is 89.9 Å². The Kier molecular flexibility index (Phi) is 26.3. The highest BCUT2D eigenvalue weighted by molar-refractivity contribution is 5.84. The predicted octanol–water partition coefficient (Wildman–Crippen LogP) is 9.29. The number of rotatable bonds is 28. The third kappa shape index (κ3) is 25.6. The van der Waals surface area contributed by atoms with Crippen molar-refractivity contribution in [3.8, 4) is 0 Å². The summed E-state index contributed by atoms with van der Waals surface area (Å²) >= 11 is 0. The van der Waals surface area contributed by atoms with Gasteiger partial charge in [0.1, 0.15) is 0 Å². The molecule has 0 saturated heterocycles. The molecule has 0 radical (unpaired) electrons. The number of amides is 1. The highest BCUT2D eigenvalue weighted by Gasteiger charge is 2.29. The first-order valence-electron chi connectivity index (χ1n) is 16.9. The number of ether oxygens (including phenoxy) is 1. The first kappa shape index (κ1) is 37.9. The van der Waals surface area contributed by atoms with Crippen LogP contribution in [0.3, 0.4) is 0 Å². The van der Waals surface area contributed by atoms with Crippen molar-refractivity contribution in [2.75, 3.05) is 6.61 Å². The number of aliphatic hydroxyl groups is 1. The normalized spacial score (nSPS) is 13.1. The Morgan fingerprint density at radius 1 is 0.590 bits per heavy atom. The zero-order valence-corrected chi connectivity index (χ0v) is 26.7. The van der Waals surface area contributed by atoms with Gasteiger partial charge in [0.15, 0.2) is 6.04 Å². The monoisotopic (exact) mass is 554 g/mol. The van der Waals surface area contributed by atoms with Gasteiger partial charge in [-0.1, -0.05) is 150 Å². The van der Waals surface area contributed by atoms with Crippen LogP contribution in [0.25, 0.3) is 0 Å². The van der Waals surface area contributed by atoms with E-state index in [1.807, 2.05) is 0 Å². The largest absolute Gasteiger partial charge is 0.464 e. The van der Waals surface area contributed by atoms with Gasteiger partial charge in [-0.05, 0) is 31.6 Å². The van der Waals surface area contributed by atoms with Gasteiger partial charge < -0.3 is 15.2 Å². The van der Waals surface area contributed by atoms with E-state index in [-0.39, 0.29) is 12.5 Å². The average Bonchev–Trinajstić information content (AvgIpc) is 2.88. The Morgan fingerprint density at radius 2 is 0.949 bits per heavy atom. The summed E-state index contributed by atoms with van der Waals surface area (Å²) in [5.74, 6) is 0.947. The SMILES string of the molecule is CCOC(=O)[C@H](NC(=O)CCCCCCCCCCCC(C)C)[C@H](O)CCCCCCCCCCCC(C)C. The van der Waals surface area contributed by atoms with Crippen molar-refractivity contribution in [3.63, 3.8) is 0 Å². The van der Waals surface area contributed by atoms with E-state index in [1.54, 1.807) is 6.92 Å². The van der Waals surface area contributed by atoms with E-state index in [0.717, 1.165) is 50.4 Å². The topological polar surface area (TPSA) is 75.6 Å². The Bertz CT molecular complexity index is 563. The number of nitrogens with one attached hydrogen (secondary N) is 1. The molecule has 0 rings (SSSR count). The zero-order chi connectivity index (χ0) is 29.1. The summed E-state index contributed by atoms with van der Waals surface area (Å²) in [5, 5.41) is 13.4. The fourth-order valence-electron chi connectivity index (χ4n) is 5.18. The van der Waals surface area contributed by atoms with Crippen LogP contribution in [-0.4, -0.2) is 35.7 Å². The van der Waals surface area contributed by atoms with Gasteiger partial charge in [-0.15, -0.1) is 0 Å². The molecule has 5 nitrogen and oxygen atoms in total. The van der Waals surface area contributed by atoms with Crippen molar-refractivity contribution in [1.82, 2.24) is 5.32 Å². The van der Waals surface area contributed by atoms with Gasteiger partial charge in [0.25, 0.3) is 0 Å². The first-order chi connectivity index (χ1) is 18.8. The third-order valence-electron chi connectivity index (χ3n) is 7.71. The van der Waals surface area contributed by atoms with Crippen LogP contribution in [0.4, 0.5) is 0 Å². The van der Waals surface area contributed by atoms with Crippen LogP contribution in [0, 0.1) is 11.8 Å². The van der Waals surface area contributed by atoms with Crippen molar-refractivity contribution < 1.29 is 19.4 Å². The van der Waals surface area contributed by atoms with Crippen LogP contribution < -0.4 is 5.32 Å². The quantitative estimate of drug-likeness (QED) is 0.0747. The maximum atomic E-state index is 12.5. The van der Waals surface area contributed by atoms with Crippen LogP contribution >= 0.6 is 0 Å². The maximum absolute atomic E-state index is 12.5. The molecule has 0 aromatic rings. The molecule has 0 aliphatic heterocycles. The molecule has 0 spiro atoms. The highest BCUT2D eigenvalue weighted by atomic mass is 16.5. The molecule has 0 aromatic carbocycles. The summed E-state index contributed by atoms with van der Waals surface area (Å²) < 4.78 is 5.14. The fourth-order valence-corrected chi connectivity index (χ4v) is 5.18. The van der Waals surface area contributed by atoms with Gasteiger partial charge in [0.2, 0.25) is 5.91 Å². The Balaban J connectivity index is 3.98. The van der Waals surface area contributed by atoms with Crippen LogP contribution in [0.15, 0.2) is 0 Å². The molecule has 0 heterocycles. The van der Waals surface area contributed by atoms with E-state index < -0.39 is 18.1 Å². The lowest BCUT2D eigenvalue weighted by atomic mass is 10.0. The molecular formula is C34H67NO4. The lowest BCUT2D eigenvalue weighted by Crippen LogP contribution is -2.49. The van der Waals surface area contributed by atoms with Crippen molar-refractivity contribution >= 4 is 11.9 Å². The van der Waals surface area contributed by atoms with Crippen LogP contribution in [0.5, 0.6) is 0 Å². The molecule has 5 heteroatoms. The van der Waals surface area contributed by atoms with E-state index in [9.17, 15) is 14.7 Å². The molecular weight excluding hydrogens is 486 g/mol. The van der Waals surface area contributed by atoms with Crippen LogP contribution in [0.1, 0.15) is 176 Å². The molecule has 0 aromatic heterocycles. The smallest absolute Gasteiger partial charge is 0.331 e. The number of carbonyl (C=O) groups excluding carboxylic acids is 2. The van der Waals surface area contributed by atoms with E-state index in [0.29, 0.717) is 12.8 Å². The molecule has 0 unspecified atom stereocenters. The summed E-state index contributed by atoms with van der Waals surface area (Å²) in [7, 11) is 0. The summed E-state index contributed by atoms with van der Waals surface area (Å²) in [6.07, 6.45) is 24.5. The van der Waals surface area contributed by atoms with Gasteiger partial charge in [-0.2, -0.15) is 0 Å². The van der Waals surface area contributed by atoms with Gasteiger partial charge in [-0.3, -0.25) is 4.79 Å². The number of carbonyl (C=O) groups is 2. The minimum absolute atomic E-state index is 0.161. The van der Waals surface area contributed by atoms with Crippen LogP contribution in [0.2, 0.25) is 0 Å². The van der Waals surface area contributed by atoms with Crippen molar-refractivity contribution in [3.05, 3.63) is 0 Å². The number of hydrogen-bond acceptors (Lipinski definition) is 4. The average molecular weight is 554 g/mol. The lowest BCUT2D eigenvalue weighted by molar-refractivity contribution is -0.151. The van der Waals surface area contributed by atoms with Gasteiger partial charge in [-0.25, -0.2) is 4.79 Å². The Hall–Kier alpha value is -1.10. The summed E-state index contributed by atoms with van der Waals surface area (Å²) in [6, 6.07) is -0.959. The Labute approximate surface area is 243 Å². The van der Waals surface area contributed by atoms with E-state index in [4.69, 9.17) is 4.74 Å². The minimum atomic E-state index is -0.959. The Morgan fingerprint density at radius 3 is 1.33 bits per heavy atom. The molecule has 0 aliphatic carbocycles. The zero-order valence-electron chi connectivity index (χ0n) is 26.7. The third-order valence-corrected chi connectivity index (χ3v) is 7.71. The molecule has 2 N–H and O–H groups in total. The standard InChI is InChI=1S/C34H67NO4/c1-6-39-34(38)33(31(36)27-23-19-15-11-7-9-13-17-21-25-29(2)3)35-32(37)28-24-20-16-12-8-10-14-18-22-26-30(4)5/h29-31,33,36H,6-28H2,1-5H3,(H,35,37)/t31-,33-/m1/s1. The molecule has 0 saturated carbocycles. The summed E-state index contributed by atoms with van der Waals surface area (Å²) in [6.45, 7) is 11.2. The molecule has 0 aliphatic rings. The van der Waals surface area contributed by atoms with E-state index in [2.05, 4.69) is 33.0 Å². The van der Waals surface area contributed by atoms with Gasteiger partial charge in [0, 0.05) is 6.42 Å². The summed E-state index contributed by atoms with van der Waals surface area (Å²) in [4.78, 5) is 24.9. The predicted molar refractivity (Wildman–Crippen MR) is 166 cm³/mol. The number of hydrogen-bond donors (Lipinski definition) is 2. The molecule has 232 valence electrons. The molecule has 39 heavy (non-hydrogen) atoms. The maximum Gasteiger partial charge on any atom is 0.331 e. The van der Waals surface area contributed by atoms with Gasteiger partial charge in [0.05, 0.1) is 12.7 Å². The molecule has 2 atom stereocenters. The molecule has 0 fully saturated rings. The number of esters is 1. The number of aliphatic hydroxyl groups excluding tert-OH is 1. The first-order valence-corrected chi connectivity index (χ1v) is 16.9. The fraction of sp³-hybridized carbons (Fsp3) is 0.941. The highest BCUT2D eigenvalue weighted by Crippen LogP contribution is 2.16. The van der Waals surface area contributed by atoms with E-state index >= 15 is 0 Å². The summed E-state index contributed by atoms with van der Waals surface area (Å²) in [5.41, 5.74) is 0. The lowest BCUT2D eigenvalue weighted by Gasteiger charge is -2.22. The van der Waals surface area contributed by atoms with Crippen LogP contribution in [-0.2, 0) is 14.3 Å².